The molecule has 26 nitrogen and oxygen atoms in total. The second-order valence-electron chi connectivity index (χ2n) is 37.9. The number of ether oxygens (including phenoxy) is 5. The third kappa shape index (κ3) is 33.1. The minimum Gasteiger partial charge on any atom is -0.379 e. The molecule has 9 amide bonds. The smallest absolute Gasteiger partial charge is 0.251 e. The van der Waals surface area contributed by atoms with E-state index in [1.807, 2.05) is 0 Å². The van der Waals surface area contributed by atoms with Crippen molar-refractivity contribution in [1.82, 2.24) is 46.2 Å². The van der Waals surface area contributed by atoms with Crippen LogP contribution in [0.1, 0.15) is 200 Å². The highest BCUT2D eigenvalue weighted by atomic mass is 32.2. The average molecular weight is 1950 g/mol. The minimum absolute atomic E-state index is 0.00594. The van der Waals surface area contributed by atoms with Gasteiger partial charge in [0.2, 0.25) is 29.5 Å². The summed E-state index contributed by atoms with van der Waals surface area (Å²) in [7, 11) is -3.61. The molecule has 0 spiro atoms. The molecule has 0 radical (unpaired) electrons. The van der Waals surface area contributed by atoms with Crippen molar-refractivity contribution in [2.45, 2.75) is 165 Å². The highest BCUT2D eigenvalue weighted by molar-refractivity contribution is 7.91. The van der Waals surface area contributed by atoms with Gasteiger partial charge in [-0.25, -0.2) is 26.0 Å². The van der Waals surface area contributed by atoms with Crippen LogP contribution in [0.15, 0.2) is 194 Å². The van der Waals surface area contributed by atoms with E-state index in [2.05, 4.69) is 151 Å². The highest BCUT2D eigenvalue weighted by Gasteiger charge is 2.43. The zero-order valence-corrected chi connectivity index (χ0v) is 81.1. The van der Waals surface area contributed by atoms with E-state index >= 15 is 0 Å². The van der Waals surface area contributed by atoms with Crippen LogP contribution in [0.4, 0.5) is 17.6 Å². The molecule has 4 aliphatic carbocycles. The van der Waals surface area contributed by atoms with Crippen molar-refractivity contribution in [3.8, 4) is 0 Å². The minimum atomic E-state index is -3.61. The van der Waals surface area contributed by atoms with Gasteiger partial charge in [0.15, 0.2) is 9.84 Å². The van der Waals surface area contributed by atoms with Crippen LogP contribution < -0.4 is 26.6 Å². The van der Waals surface area contributed by atoms with Gasteiger partial charge in [-0.1, -0.05) is 119 Å². The Kier molecular flexibility index (Phi) is 39.2. The maximum Gasteiger partial charge on any atom is 0.251 e. The summed E-state index contributed by atoms with van der Waals surface area (Å²) >= 11 is 0. The predicted octanol–water partition coefficient (Wildman–Crippen LogP) is 13.6. The number of aryl methyl sites for hydroxylation is 4. The molecule has 12 atom stereocenters. The first-order chi connectivity index (χ1) is 67.5. The first-order valence-corrected chi connectivity index (χ1v) is 50.9. The number of nitrogens with zero attached hydrogens (tertiary/aromatic N) is 4. The number of Topliss-reactive ketones (excluding diaryl/α,β-unsaturated/α-hetero) is 1. The van der Waals surface area contributed by atoms with Crippen LogP contribution in [0.3, 0.4) is 0 Å². The molecule has 748 valence electrons. The number of carbonyl (C=O) groups is 10. The van der Waals surface area contributed by atoms with Crippen LogP contribution in [0.5, 0.6) is 0 Å². The number of nitrogens with one attached hydrogen (secondary N) is 5. The third-order valence-corrected chi connectivity index (χ3v) is 28.9. The molecule has 8 aromatic rings. The van der Waals surface area contributed by atoms with Crippen LogP contribution in [0.2, 0.25) is 0 Å². The Balaban J connectivity index is 0.000000157. The van der Waals surface area contributed by atoms with Gasteiger partial charge in [-0.15, -0.1) is 0 Å². The summed E-state index contributed by atoms with van der Waals surface area (Å²) < 4.78 is 106. The van der Waals surface area contributed by atoms with Crippen molar-refractivity contribution in [2.24, 2.45) is 23.7 Å². The van der Waals surface area contributed by atoms with E-state index in [0.717, 1.165) is 57.1 Å². The number of carbonyl (C=O) groups excluding carboxylic acids is 10. The zero-order chi connectivity index (χ0) is 99.2. The molecule has 8 fully saturated rings. The summed E-state index contributed by atoms with van der Waals surface area (Å²) in [6.07, 6.45) is 10.7. The van der Waals surface area contributed by atoms with Crippen LogP contribution in [-0.4, -0.2) is 248 Å². The van der Waals surface area contributed by atoms with E-state index in [1.54, 1.807) is 14.7 Å². The monoisotopic (exact) mass is 1950 g/mol. The second-order valence-corrected chi connectivity index (χ2v) is 40.1. The van der Waals surface area contributed by atoms with Gasteiger partial charge in [-0.2, -0.15) is 0 Å². The molecule has 0 unspecified atom stereocenters. The number of halogens is 4. The molecule has 31 heteroatoms. The number of sulfone groups is 1. The molecule has 0 aromatic heterocycles. The standard InChI is InChI=1S/C28H33FN2O4.C27H32FN3O4.C27H33FN2O5S.C27H33FN2O4/c1-19-5-7-20(8-6-19)25-18-22(25)17-24(32)3-2-4-26(28(34)31-13-15-35-16-14-31)30-27(33)21-9-11-23(29)12-10-21;1-18-2-4-19(5-3-18)23-16-21(23)8-11-25(32)29-17-24(27(34)31-12-14-35-15-13-31)30-26(33)20-6-9-22(28)10-7-20;1-19-4-6-20(7-5-19)24-17-22(24)3-2-16-36(33,34)18-25(27(32)30-12-14-35-15-13-30)29-26(31)21-8-10-23(28)11-9-21;1-19-4-6-20(7-5-19)24-17-22(24)3-2-14-34-18-25(27(32)30-12-15-33-16-13-30)29-26(31)21-8-10-23(28)11-9-21/h5-12,22,25-26H,2-4,13-18H2,1H3,(H,30,33);2-7,9-10,21,23-24H,8,11-17H2,1H3,(H,29,32)(H,30,33);4-11,22,24-25H,2-3,12-18H2,1H3,(H,29,31);4-11,22,24-25H,2-3,12-18H2,1H3,(H,29,31)/t22-,25+,26+;21-,23+,24+;2*22-,24+,25+/m1111/s1. The van der Waals surface area contributed by atoms with Crippen LogP contribution in [0.25, 0.3) is 0 Å². The first kappa shape index (κ1) is 105. The second kappa shape index (κ2) is 52.0. The van der Waals surface area contributed by atoms with Gasteiger partial charge in [0.05, 0.1) is 71.0 Å². The molecular weight excluding hydrogens is 1820 g/mol. The Bertz CT molecular complexity index is 5560. The summed E-state index contributed by atoms with van der Waals surface area (Å²) in [6, 6.07) is 51.1. The number of rotatable bonds is 39. The van der Waals surface area contributed by atoms with E-state index in [9.17, 15) is 73.9 Å². The van der Waals surface area contributed by atoms with Gasteiger partial charge < -0.3 is 69.9 Å². The zero-order valence-electron chi connectivity index (χ0n) is 80.3. The molecule has 0 bridgehead atoms. The molecule has 5 N–H and O–H groups in total. The van der Waals surface area contributed by atoms with Gasteiger partial charge in [-0.05, 0) is 265 Å². The van der Waals surface area contributed by atoms with Crippen molar-refractivity contribution in [3.63, 3.8) is 0 Å². The molecule has 4 saturated carbocycles. The summed E-state index contributed by atoms with van der Waals surface area (Å²) in [6.45, 7) is 15.9. The van der Waals surface area contributed by atoms with E-state index in [-0.39, 0.29) is 65.0 Å². The van der Waals surface area contributed by atoms with Crippen molar-refractivity contribution in [2.75, 3.05) is 136 Å². The molecular formula is C109H131F4N9O17S. The predicted molar refractivity (Wildman–Crippen MR) is 522 cm³/mol. The Morgan fingerprint density at radius 3 is 1.03 bits per heavy atom. The fourth-order valence-corrected chi connectivity index (χ4v) is 19.8. The lowest BCUT2D eigenvalue weighted by Gasteiger charge is -2.30. The van der Waals surface area contributed by atoms with Crippen LogP contribution in [0, 0.1) is 74.6 Å². The maximum absolute atomic E-state index is 13.2. The Morgan fingerprint density at radius 2 is 0.657 bits per heavy atom. The van der Waals surface area contributed by atoms with Gasteiger partial charge in [-0.3, -0.25) is 47.9 Å². The molecule has 16 rings (SSSR count). The van der Waals surface area contributed by atoms with E-state index in [1.165, 1.54) is 141 Å². The molecule has 8 aliphatic rings. The van der Waals surface area contributed by atoms with Gasteiger partial charge in [0, 0.05) is 107 Å². The normalized spacial score (nSPS) is 20.4. The van der Waals surface area contributed by atoms with Gasteiger partial charge in [0.1, 0.15) is 53.2 Å². The molecule has 8 aromatic carbocycles. The topological polar surface area (TPSA) is 324 Å². The van der Waals surface area contributed by atoms with Crippen LogP contribution >= 0.6 is 0 Å². The third-order valence-electron chi connectivity index (χ3n) is 27.1. The number of hydrogen-bond acceptors (Lipinski definition) is 17. The Morgan fingerprint density at radius 1 is 0.357 bits per heavy atom. The highest BCUT2D eigenvalue weighted by Crippen LogP contribution is 2.53. The quantitative estimate of drug-likeness (QED) is 0.0176. The van der Waals surface area contributed by atoms with E-state index in [0.29, 0.717) is 203 Å². The molecule has 140 heavy (non-hydrogen) atoms. The lowest BCUT2D eigenvalue weighted by Crippen LogP contribution is -2.55. The first-order valence-electron chi connectivity index (χ1n) is 49.1. The summed E-state index contributed by atoms with van der Waals surface area (Å²) in [5.41, 5.74) is 11.3. The average Bonchev–Trinajstić information content (AvgIpc) is 1.67. The van der Waals surface area contributed by atoms with Crippen molar-refractivity contribution < 1.29 is 97.6 Å². The number of amides is 9. The van der Waals surface area contributed by atoms with Crippen LogP contribution in [-0.2, 0) is 62.3 Å². The molecule has 4 aliphatic heterocycles. The van der Waals surface area contributed by atoms with Gasteiger partial charge in [0.25, 0.3) is 23.6 Å². The maximum atomic E-state index is 13.2. The Labute approximate surface area is 817 Å². The molecule has 4 heterocycles. The van der Waals surface area contributed by atoms with E-state index < -0.39 is 92.6 Å². The van der Waals surface area contributed by atoms with Gasteiger partial charge >= 0.3 is 0 Å². The largest absolute Gasteiger partial charge is 0.379 e. The summed E-state index contributed by atoms with van der Waals surface area (Å²) in [5, 5.41) is 13.7. The number of morpholine rings is 4. The molecule has 4 saturated heterocycles. The number of ketones is 1. The van der Waals surface area contributed by atoms with E-state index in [4.69, 9.17) is 23.7 Å². The fourth-order valence-electron chi connectivity index (χ4n) is 18.3. The Hall–Kier alpha value is -11.9. The van der Waals surface area contributed by atoms with Crippen molar-refractivity contribution in [3.05, 3.63) is 284 Å². The summed E-state index contributed by atoms with van der Waals surface area (Å²) in [5.74, 6) is -1.10. The van der Waals surface area contributed by atoms with Crippen molar-refractivity contribution >= 4 is 68.8 Å². The number of hydrogen-bond donors (Lipinski definition) is 5. The lowest BCUT2D eigenvalue weighted by atomic mass is 10.0. The number of benzene rings is 8. The lowest BCUT2D eigenvalue weighted by molar-refractivity contribution is -0.139. The fraction of sp³-hybridized carbons (Fsp3) is 0.468. The SMILES string of the molecule is Cc1ccc([C@@H]2C[C@H]2CC(=O)CCC[C@H](NC(=O)c2ccc(F)cc2)C(=O)N2CCOCC2)cc1.Cc1ccc([C@@H]2C[C@H]2CCC(=O)NC[C@H](NC(=O)c2ccc(F)cc2)C(=O)N2CCOCC2)cc1.Cc1ccc([C@@H]2C[C@H]2CCCOC[C@H](NC(=O)c2ccc(F)cc2)C(=O)N2CCOCC2)cc1.Cc1ccc([C@@H]2C[C@H]2CCCS(=O)(=O)C[C@H](NC(=O)c2ccc(F)cc2)C(=O)N2CCOCC2)cc1. The van der Waals surface area contributed by atoms with Crippen molar-refractivity contribution in [1.29, 1.82) is 0 Å². The summed E-state index contributed by atoms with van der Waals surface area (Å²) in [4.78, 5) is 135.